The van der Waals surface area contributed by atoms with E-state index >= 15 is 0 Å². The molecule has 52 heavy (non-hydrogen) atoms. The van der Waals surface area contributed by atoms with Crippen LogP contribution in [-0.2, 0) is 10.8 Å². The minimum absolute atomic E-state index is 0.0977. The molecule has 10 rings (SSSR count). The van der Waals surface area contributed by atoms with Gasteiger partial charge in [0.25, 0.3) is 0 Å². The SMILES string of the molecule is CC1(C)c2ccccc2-c2ccc(N(c3ccc4c(c3)C(C)(C)c3ccccc3-4)c3ccc4oc(C5C=CC(c6ccccc6)=CC5)nc4c3)cc21. The van der Waals surface area contributed by atoms with Gasteiger partial charge < -0.3 is 9.32 Å². The maximum Gasteiger partial charge on any atom is 0.202 e. The van der Waals surface area contributed by atoms with Crippen LogP contribution < -0.4 is 4.90 Å². The molecule has 1 unspecified atom stereocenters. The van der Waals surface area contributed by atoms with E-state index in [2.05, 4.69) is 184 Å². The summed E-state index contributed by atoms with van der Waals surface area (Å²) in [7, 11) is 0. The van der Waals surface area contributed by atoms with Crippen LogP contribution in [-0.4, -0.2) is 4.98 Å². The Morgan fingerprint density at radius 1 is 0.577 bits per heavy atom. The second kappa shape index (κ2) is 11.3. The molecule has 0 saturated heterocycles. The summed E-state index contributed by atoms with van der Waals surface area (Å²) in [6.07, 6.45) is 7.58. The van der Waals surface area contributed by atoms with E-state index in [1.165, 1.54) is 55.6 Å². The number of hydrogen-bond acceptors (Lipinski definition) is 3. The van der Waals surface area contributed by atoms with Crippen LogP contribution in [0.5, 0.6) is 0 Å². The monoisotopic (exact) mass is 672 g/mol. The molecule has 0 bridgehead atoms. The maximum absolute atomic E-state index is 6.43. The lowest BCUT2D eigenvalue weighted by molar-refractivity contribution is 0.505. The summed E-state index contributed by atoms with van der Waals surface area (Å²) >= 11 is 0. The van der Waals surface area contributed by atoms with Crippen LogP contribution in [0.3, 0.4) is 0 Å². The van der Waals surface area contributed by atoms with E-state index in [9.17, 15) is 0 Å². The van der Waals surface area contributed by atoms with E-state index in [4.69, 9.17) is 9.40 Å². The second-order valence-electron chi connectivity index (χ2n) is 15.6. The maximum atomic E-state index is 6.43. The van der Waals surface area contributed by atoms with Gasteiger partial charge in [0.2, 0.25) is 5.89 Å². The predicted octanol–water partition coefficient (Wildman–Crippen LogP) is 13.0. The van der Waals surface area contributed by atoms with Crippen LogP contribution in [0.4, 0.5) is 17.1 Å². The van der Waals surface area contributed by atoms with Crippen molar-refractivity contribution in [3.8, 4) is 22.3 Å². The average Bonchev–Trinajstić information content (AvgIpc) is 3.78. The van der Waals surface area contributed by atoms with Crippen molar-refractivity contribution in [1.82, 2.24) is 4.98 Å². The molecule has 0 amide bonds. The molecule has 1 aromatic heterocycles. The van der Waals surface area contributed by atoms with E-state index < -0.39 is 0 Å². The van der Waals surface area contributed by atoms with Crippen molar-refractivity contribution in [1.29, 1.82) is 0 Å². The van der Waals surface area contributed by atoms with Gasteiger partial charge in [-0.3, -0.25) is 0 Å². The highest BCUT2D eigenvalue weighted by Crippen LogP contribution is 2.53. The molecule has 0 fully saturated rings. The van der Waals surface area contributed by atoms with Crippen molar-refractivity contribution in [3.05, 3.63) is 185 Å². The van der Waals surface area contributed by atoms with Gasteiger partial charge in [0.15, 0.2) is 5.58 Å². The normalized spacial score (nSPS) is 17.3. The largest absolute Gasteiger partial charge is 0.440 e. The molecule has 3 aliphatic rings. The van der Waals surface area contributed by atoms with Crippen molar-refractivity contribution >= 4 is 33.7 Å². The Bertz CT molecular complexity index is 2510. The zero-order valence-corrected chi connectivity index (χ0v) is 30.0. The molecular weight excluding hydrogens is 633 g/mol. The van der Waals surface area contributed by atoms with Crippen LogP contribution in [0, 0.1) is 0 Å². The quantitative estimate of drug-likeness (QED) is 0.182. The number of nitrogens with zero attached hydrogens (tertiary/aromatic N) is 2. The Balaban J connectivity index is 1.08. The highest BCUT2D eigenvalue weighted by Gasteiger charge is 2.37. The highest BCUT2D eigenvalue weighted by molar-refractivity contribution is 5.90. The molecule has 0 saturated carbocycles. The molecule has 0 aliphatic heterocycles. The first-order valence-electron chi connectivity index (χ1n) is 18.4. The van der Waals surface area contributed by atoms with Gasteiger partial charge in [-0.25, -0.2) is 4.98 Å². The van der Waals surface area contributed by atoms with Gasteiger partial charge in [0.05, 0.1) is 5.92 Å². The van der Waals surface area contributed by atoms with Gasteiger partial charge in [0, 0.05) is 27.9 Å². The van der Waals surface area contributed by atoms with Crippen LogP contribution in [0.2, 0.25) is 0 Å². The Labute approximate surface area is 305 Å². The fraction of sp³-hybridized carbons (Fsp3) is 0.163. The first kappa shape index (κ1) is 30.9. The number of allylic oxidation sites excluding steroid dienone is 4. The van der Waals surface area contributed by atoms with Gasteiger partial charge in [-0.05, 0) is 105 Å². The van der Waals surface area contributed by atoms with Crippen molar-refractivity contribution in [2.24, 2.45) is 0 Å². The Morgan fingerprint density at radius 2 is 1.12 bits per heavy atom. The van der Waals surface area contributed by atoms with E-state index in [1.807, 2.05) is 0 Å². The molecule has 3 aliphatic carbocycles. The molecule has 0 radical (unpaired) electrons. The third-order valence-electron chi connectivity index (χ3n) is 11.8. The molecule has 3 nitrogen and oxygen atoms in total. The number of fused-ring (bicyclic) bond motifs is 7. The van der Waals surface area contributed by atoms with Gasteiger partial charge in [-0.15, -0.1) is 0 Å². The summed E-state index contributed by atoms with van der Waals surface area (Å²) < 4.78 is 6.43. The summed E-state index contributed by atoms with van der Waals surface area (Å²) in [5.41, 5.74) is 18.0. The van der Waals surface area contributed by atoms with Crippen molar-refractivity contribution in [2.45, 2.75) is 50.9 Å². The predicted molar refractivity (Wildman–Crippen MR) is 215 cm³/mol. The van der Waals surface area contributed by atoms with Gasteiger partial charge >= 0.3 is 0 Å². The molecule has 6 aromatic carbocycles. The van der Waals surface area contributed by atoms with E-state index in [-0.39, 0.29) is 16.7 Å². The molecular formula is C49H40N2O. The molecule has 0 spiro atoms. The topological polar surface area (TPSA) is 29.3 Å². The number of hydrogen-bond donors (Lipinski definition) is 0. The molecule has 1 heterocycles. The fourth-order valence-electron chi connectivity index (χ4n) is 8.99. The Kier molecular flexibility index (Phi) is 6.70. The zero-order chi connectivity index (χ0) is 35.2. The van der Waals surface area contributed by atoms with Crippen LogP contribution >= 0.6 is 0 Å². The molecule has 252 valence electrons. The van der Waals surface area contributed by atoms with Gasteiger partial charge in [0.1, 0.15) is 5.52 Å². The van der Waals surface area contributed by atoms with Crippen LogP contribution in [0.25, 0.3) is 38.9 Å². The first-order chi connectivity index (χ1) is 25.3. The lowest BCUT2D eigenvalue weighted by Gasteiger charge is -2.29. The summed E-state index contributed by atoms with van der Waals surface area (Å²) in [6.45, 7) is 9.40. The zero-order valence-electron chi connectivity index (χ0n) is 30.0. The number of benzene rings is 6. The minimum Gasteiger partial charge on any atom is -0.440 e. The molecule has 3 heteroatoms. The second-order valence-corrected chi connectivity index (χ2v) is 15.6. The van der Waals surface area contributed by atoms with Gasteiger partial charge in [-0.2, -0.15) is 0 Å². The lowest BCUT2D eigenvalue weighted by atomic mass is 9.82. The molecule has 7 aromatic rings. The average molecular weight is 673 g/mol. The minimum atomic E-state index is -0.109. The highest BCUT2D eigenvalue weighted by atomic mass is 16.3. The molecule has 1 atom stereocenters. The first-order valence-corrected chi connectivity index (χ1v) is 18.4. The lowest BCUT2D eigenvalue weighted by Crippen LogP contribution is -2.18. The third-order valence-corrected chi connectivity index (χ3v) is 11.8. The fourth-order valence-corrected chi connectivity index (χ4v) is 8.99. The van der Waals surface area contributed by atoms with Crippen molar-refractivity contribution in [3.63, 3.8) is 0 Å². The van der Waals surface area contributed by atoms with Crippen LogP contribution in [0.1, 0.15) is 73.7 Å². The molecule has 0 N–H and O–H groups in total. The van der Waals surface area contributed by atoms with Crippen molar-refractivity contribution < 1.29 is 4.42 Å². The number of aromatic nitrogens is 1. The Morgan fingerprint density at radius 3 is 1.71 bits per heavy atom. The van der Waals surface area contributed by atoms with Crippen molar-refractivity contribution in [2.75, 3.05) is 4.90 Å². The number of oxazole rings is 1. The van der Waals surface area contributed by atoms with E-state index in [0.717, 1.165) is 40.5 Å². The Hall–Kier alpha value is -5.93. The summed E-state index contributed by atoms with van der Waals surface area (Å²) in [4.78, 5) is 7.51. The number of rotatable bonds is 5. The standard InChI is InChI=1S/C49H40N2O/c1-48(2)41-16-10-8-14-37(41)39-25-22-34(28-43(39)48)51(35-23-26-40-38-15-9-11-17-42(38)49(3,4)44(40)29-35)36-24-27-46-45(30-36)50-47(52-46)33-20-18-32(19-21-33)31-12-6-5-7-13-31/h5-20,22-30,33H,21H2,1-4H3. The summed E-state index contributed by atoms with van der Waals surface area (Å²) in [6, 6.07) is 48.7. The van der Waals surface area contributed by atoms with Gasteiger partial charge in [-0.1, -0.05) is 137 Å². The third kappa shape index (κ3) is 4.62. The summed E-state index contributed by atoms with van der Waals surface area (Å²) in [5, 5.41) is 0. The number of anilines is 3. The summed E-state index contributed by atoms with van der Waals surface area (Å²) in [5.74, 6) is 0.855. The van der Waals surface area contributed by atoms with E-state index in [1.54, 1.807) is 0 Å². The van der Waals surface area contributed by atoms with Crippen LogP contribution in [0.15, 0.2) is 156 Å². The smallest absolute Gasteiger partial charge is 0.202 e. The van der Waals surface area contributed by atoms with E-state index in [0.29, 0.717) is 0 Å².